The lowest BCUT2D eigenvalue weighted by molar-refractivity contribution is 0.102. The Hall–Kier alpha value is -1.26. The number of hydrogen-bond acceptors (Lipinski definition) is 6. The zero-order valence-electron chi connectivity index (χ0n) is 14.2. The number of nitrogens with one attached hydrogen (secondary N) is 2. The normalized spacial score (nSPS) is 16.1. The molecule has 2 aromatic rings. The molecule has 0 unspecified atom stereocenters. The Morgan fingerprint density at radius 1 is 1.11 bits per heavy atom. The van der Waals surface area contributed by atoms with Crippen molar-refractivity contribution in [2.45, 2.75) is 48.9 Å². The quantitative estimate of drug-likeness (QED) is 0.529. The first-order valence-corrected chi connectivity index (χ1v) is 11.5. The molecule has 3 rings (SSSR count). The minimum Gasteiger partial charge on any atom is -0.296 e. The molecule has 0 saturated heterocycles. The van der Waals surface area contributed by atoms with Crippen molar-refractivity contribution in [1.29, 1.82) is 0 Å². The molecular weight excluding hydrogens is 431 g/mol. The predicted octanol–water partition coefficient (Wildman–Crippen LogP) is 4.10. The van der Waals surface area contributed by atoms with E-state index in [-0.39, 0.29) is 26.1 Å². The molecule has 1 aromatic heterocycles. The van der Waals surface area contributed by atoms with Crippen LogP contribution in [-0.4, -0.2) is 30.6 Å². The van der Waals surface area contributed by atoms with Crippen molar-refractivity contribution in [3.8, 4) is 0 Å². The van der Waals surface area contributed by atoms with Gasteiger partial charge in [-0.1, -0.05) is 60.2 Å². The number of hydrogen-bond donors (Lipinski definition) is 2. The highest BCUT2D eigenvalue weighted by Gasteiger charge is 2.25. The fourth-order valence-electron chi connectivity index (χ4n) is 2.87. The van der Waals surface area contributed by atoms with Crippen LogP contribution in [0.15, 0.2) is 22.5 Å². The maximum absolute atomic E-state index is 12.5. The second-order valence-corrected chi connectivity index (χ2v) is 9.97. The number of anilines is 1. The standard InChI is InChI=1S/C16H18Cl2N4O3S2/c17-10-7-8-12(13(18)9-10)14(23)19-15-20-21-16(26-15)27(24,25)22-11-5-3-1-2-4-6-11/h7-9,11,22H,1-6H2,(H,19,20,23). The summed E-state index contributed by atoms with van der Waals surface area (Å²) < 4.78 is 27.6. The minimum atomic E-state index is -3.77. The van der Waals surface area contributed by atoms with Gasteiger partial charge in [0, 0.05) is 11.1 Å². The Morgan fingerprint density at radius 3 is 2.48 bits per heavy atom. The number of aromatic nitrogens is 2. The third-order valence-electron chi connectivity index (χ3n) is 4.21. The second-order valence-electron chi connectivity index (χ2n) is 6.26. The van der Waals surface area contributed by atoms with E-state index in [9.17, 15) is 13.2 Å². The van der Waals surface area contributed by atoms with Gasteiger partial charge in [0.1, 0.15) is 0 Å². The molecule has 0 spiro atoms. The summed E-state index contributed by atoms with van der Waals surface area (Å²) in [5, 5.41) is 10.6. The molecular formula is C16H18Cl2N4O3S2. The van der Waals surface area contributed by atoms with E-state index < -0.39 is 15.9 Å². The van der Waals surface area contributed by atoms with Gasteiger partial charge in [0.15, 0.2) is 0 Å². The maximum Gasteiger partial charge on any atom is 0.270 e. The summed E-state index contributed by atoms with van der Waals surface area (Å²) in [6, 6.07) is 4.37. The Kier molecular flexibility index (Phi) is 6.69. The Labute approximate surface area is 171 Å². The summed E-state index contributed by atoms with van der Waals surface area (Å²) in [5.41, 5.74) is 0.206. The molecule has 1 aromatic carbocycles. The molecule has 27 heavy (non-hydrogen) atoms. The van der Waals surface area contributed by atoms with Crippen molar-refractivity contribution in [3.05, 3.63) is 33.8 Å². The smallest absolute Gasteiger partial charge is 0.270 e. The van der Waals surface area contributed by atoms with Crippen LogP contribution >= 0.6 is 34.5 Å². The van der Waals surface area contributed by atoms with Crippen molar-refractivity contribution in [2.24, 2.45) is 0 Å². The molecule has 2 N–H and O–H groups in total. The minimum absolute atomic E-state index is 0.0762. The summed E-state index contributed by atoms with van der Waals surface area (Å²) >= 11 is 12.6. The topological polar surface area (TPSA) is 101 Å². The largest absolute Gasteiger partial charge is 0.296 e. The molecule has 1 saturated carbocycles. The lowest BCUT2D eigenvalue weighted by Gasteiger charge is -2.14. The summed E-state index contributed by atoms with van der Waals surface area (Å²) in [6.07, 6.45) is 5.90. The van der Waals surface area contributed by atoms with Gasteiger partial charge in [0.25, 0.3) is 15.9 Å². The lowest BCUT2D eigenvalue weighted by Crippen LogP contribution is -2.34. The van der Waals surface area contributed by atoms with Crippen molar-refractivity contribution in [1.82, 2.24) is 14.9 Å². The number of sulfonamides is 1. The zero-order chi connectivity index (χ0) is 19.4. The Morgan fingerprint density at radius 2 is 1.81 bits per heavy atom. The Balaban J connectivity index is 1.69. The molecule has 1 heterocycles. The van der Waals surface area contributed by atoms with Gasteiger partial charge in [-0.2, -0.15) is 0 Å². The summed E-state index contributed by atoms with van der Waals surface area (Å²) in [7, 11) is -3.77. The molecule has 0 atom stereocenters. The molecule has 0 radical (unpaired) electrons. The van der Waals surface area contributed by atoms with Crippen LogP contribution in [-0.2, 0) is 10.0 Å². The number of benzene rings is 1. The first-order chi connectivity index (χ1) is 12.8. The third kappa shape index (κ3) is 5.39. The second kappa shape index (κ2) is 8.83. The number of rotatable bonds is 5. The first-order valence-electron chi connectivity index (χ1n) is 8.47. The van der Waals surface area contributed by atoms with E-state index >= 15 is 0 Å². The van der Waals surface area contributed by atoms with Crippen LogP contribution in [0.2, 0.25) is 10.0 Å². The van der Waals surface area contributed by atoms with Crippen LogP contribution in [0.25, 0.3) is 0 Å². The van der Waals surface area contributed by atoms with E-state index in [1.54, 1.807) is 0 Å². The fraction of sp³-hybridized carbons (Fsp3) is 0.438. The van der Waals surface area contributed by atoms with E-state index in [0.29, 0.717) is 5.02 Å². The number of nitrogens with zero attached hydrogens (tertiary/aromatic N) is 2. The van der Waals surface area contributed by atoms with Gasteiger partial charge in [-0.05, 0) is 31.0 Å². The molecule has 1 aliphatic rings. The molecule has 1 fully saturated rings. The Bertz CT molecular complexity index is 925. The van der Waals surface area contributed by atoms with Crippen molar-refractivity contribution >= 4 is 55.6 Å². The number of halogens is 2. The highest BCUT2D eigenvalue weighted by Crippen LogP contribution is 2.25. The van der Waals surface area contributed by atoms with Crippen LogP contribution in [0.5, 0.6) is 0 Å². The van der Waals surface area contributed by atoms with Crippen LogP contribution < -0.4 is 10.0 Å². The van der Waals surface area contributed by atoms with Crippen molar-refractivity contribution in [2.75, 3.05) is 5.32 Å². The van der Waals surface area contributed by atoms with Crippen LogP contribution in [0, 0.1) is 0 Å². The molecule has 0 aliphatic heterocycles. The van der Waals surface area contributed by atoms with Crippen LogP contribution in [0.4, 0.5) is 5.13 Å². The fourth-order valence-corrected chi connectivity index (χ4v) is 5.58. The average Bonchev–Trinajstić information content (AvgIpc) is 2.92. The zero-order valence-corrected chi connectivity index (χ0v) is 17.4. The van der Waals surface area contributed by atoms with Gasteiger partial charge in [-0.15, -0.1) is 10.2 Å². The maximum atomic E-state index is 12.5. The SMILES string of the molecule is O=C(Nc1nnc(S(=O)(=O)NC2CCCCCC2)s1)c1ccc(Cl)cc1Cl. The molecule has 1 aliphatic carbocycles. The van der Waals surface area contributed by atoms with Gasteiger partial charge >= 0.3 is 0 Å². The monoisotopic (exact) mass is 448 g/mol. The van der Waals surface area contributed by atoms with Gasteiger partial charge in [-0.25, -0.2) is 13.1 Å². The van der Waals surface area contributed by atoms with Crippen LogP contribution in [0.1, 0.15) is 48.9 Å². The van der Waals surface area contributed by atoms with Gasteiger partial charge in [0.2, 0.25) is 9.47 Å². The van der Waals surface area contributed by atoms with Crippen LogP contribution in [0.3, 0.4) is 0 Å². The number of carbonyl (C=O) groups excluding carboxylic acids is 1. The van der Waals surface area contributed by atoms with Gasteiger partial charge < -0.3 is 0 Å². The number of amides is 1. The van der Waals surface area contributed by atoms with Gasteiger partial charge in [-0.3, -0.25) is 10.1 Å². The molecule has 7 nitrogen and oxygen atoms in total. The predicted molar refractivity (Wildman–Crippen MR) is 106 cm³/mol. The summed E-state index contributed by atoms with van der Waals surface area (Å²) in [6.45, 7) is 0. The average molecular weight is 449 g/mol. The summed E-state index contributed by atoms with van der Waals surface area (Å²) in [4.78, 5) is 12.3. The molecule has 0 bridgehead atoms. The van der Waals surface area contributed by atoms with E-state index in [1.807, 2.05) is 0 Å². The van der Waals surface area contributed by atoms with E-state index in [4.69, 9.17) is 23.2 Å². The lowest BCUT2D eigenvalue weighted by atomic mass is 10.1. The molecule has 11 heteroatoms. The molecule has 1 amide bonds. The molecule has 146 valence electrons. The van der Waals surface area contributed by atoms with Crippen molar-refractivity contribution in [3.63, 3.8) is 0 Å². The van der Waals surface area contributed by atoms with Gasteiger partial charge in [0.05, 0.1) is 10.6 Å². The van der Waals surface area contributed by atoms with E-state index in [1.165, 1.54) is 18.2 Å². The van der Waals surface area contributed by atoms with Crippen molar-refractivity contribution < 1.29 is 13.2 Å². The highest BCUT2D eigenvalue weighted by molar-refractivity contribution is 7.91. The highest BCUT2D eigenvalue weighted by atomic mass is 35.5. The number of carbonyl (C=O) groups is 1. The third-order valence-corrected chi connectivity index (χ3v) is 7.48. The van der Waals surface area contributed by atoms with E-state index in [2.05, 4.69) is 20.2 Å². The van der Waals surface area contributed by atoms with E-state index in [0.717, 1.165) is 49.9 Å². The summed E-state index contributed by atoms with van der Waals surface area (Å²) in [5.74, 6) is -0.520. The first kappa shape index (κ1) is 20.5.